The summed E-state index contributed by atoms with van der Waals surface area (Å²) in [7, 11) is 0. The number of hydrogen-bond acceptors (Lipinski definition) is 1. The molecule has 0 aromatic heterocycles. The molecule has 102 valence electrons. The first kappa shape index (κ1) is 14.1. The summed E-state index contributed by atoms with van der Waals surface area (Å²) in [5.41, 5.74) is 2.58. The maximum absolute atomic E-state index is 12.1. The lowest BCUT2D eigenvalue weighted by Gasteiger charge is -2.05. The first-order valence-corrected chi connectivity index (χ1v) is 6.80. The molecule has 0 spiro atoms. The zero-order valence-electron chi connectivity index (χ0n) is 11.8. The van der Waals surface area contributed by atoms with E-state index in [0.717, 1.165) is 11.3 Å². The van der Waals surface area contributed by atoms with E-state index in [1.54, 1.807) is 0 Å². The van der Waals surface area contributed by atoms with Gasteiger partial charge in [-0.25, -0.2) is 0 Å². The molecule has 0 aliphatic heterocycles. The van der Waals surface area contributed by atoms with Crippen LogP contribution in [-0.4, -0.2) is 5.91 Å². The topological polar surface area (TPSA) is 29.1 Å². The van der Waals surface area contributed by atoms with Crippen molar-refractivity contribution >= 4 is 17.7 Å². The third kappa shape index (κ3) is 4.09. The Bertz CT molecular complexity index is 583. The molecule has 0 saturated heterocycles. The van der Waals surface area contributed by atoms with Gasteiger partial charge in [0.05, 0.1) is 0 Å². The van der Waals surface area contributed by atoms with E-state index in [2.05, 4.69) is 31.3 Å². The van der Waals surface area contributed by atoms with E-state index in [1.165, 1.54) is 0 Å². The number of nitrogens with one attached hydrogen (secondary N) is 1. The number of benzene rings is 2. The standard InChI is InChI=1S/C18H19NO/c1-14(2)8-9-15-10-12-16(13-11-15)18(20)19-17-6-4-3-5-7-17/h3-14H,1-2H3,(H,19,20)/b9-8+. The van der Waals surface area contributed by atoms with Gasteiger partial charge in [-0.1, -0.05) is 56.3 Å². The summed E-state index contributed by atoms with van der Waals surface area (Å²) >= 11 is 0. The van der Waals surface area contributed by atoms with Crippen LogP contribution in [-0.2, 0) is 0 Å². The van der Waals surface area contributed by atoms with E-state index in [0.29, 0.717) is 11.5 Å². The molecule has 0 bridgehead atoms. The van der Waals surface area contributed by atoms with Crippen LogP contribution in [0.1, 0.15) is 29.8 Å². The third-order valence-electron chi connectivity index (χ3n) is 2.88. The Morgan fingerprint density at radius 2 is 1.65 bits per heavy atom. The highest BCUT2D eigenvalue weighted by atomic mass is 16.1. The van der Waals surface area contributed by atoms with Gasteiger partial charge >= 0.3 is 0 Å². The van der Waals surface area contributed by atoms with Gasteiger partial charge in [-0.05, 0) is 35.7 Å². The smallest absolute Gasteiger partial charge is 0.255 e. The molecule has 0 unspecified atom stereocenters. The van der Waals surface area contributed by atoms with Crippen molar-refractivity contribution in [1.82, 2.24) is 0 Å². The van der Waals surface area contributed by atoms with Gasteiger partial charge < -0.3 is 5.32 Å². The first-order valence-electron chi connectivity index (χ1n) is 6.80. The molecule has 2 rings (SSSR count). The predicted molar refractivity (Wildman–Crippen MR) is 84.7 cm³/mol. The summed E-state index contributed by atoms with van der Waals surface area (Å²) in [5.74, 6) is 0.437. The average Bonchev–Trinajstić information content (AvgIpc) is 2.46. The zero-order valence-corrected chi connectivity index (χ0v) is 11.8. The second-order valence-electron chi connectivity index (χ2n) is 5.05. The fourth-order valence-electron chi connectivity index (χ4n) is 1.77. The average molecular weight is 265 g/mol. The number of amides is 1. The van der Waals surface area contributed by atoms with Gasteiger partial charge in [-0.15, -0.1) is 0 Å². The van der Waals surface area contributed by atoms with E-state index in [-0.39, 0.29) is 5.91 Å². The number of rotatable bonds is 4. The molecule has 2 heteroatoms. The molecular weight excluding hydrogens is 246 g/mol. The van der Waals surface area contributed by atoms with Gasteiger partial charge in [0, 0.05) is 11.3 Å². The highest BCUT2D eigenvalue weighted by Gasteiger charge is 2.04. The van der Waals surface area contributed by atoms with Crippen LogP contribution >= 0.6 is 0 Å². The molecule has 2 aromatic carbocycles. The van der Waals surface area contributed by atoms with Crippen molar-refractivity contribution in [1.29, 1.82) is 0 Å². The Kier molecular flexibility index (Phi) is 4.72. The lowest BCUT2D eigenvalue weighted by atomic mass is 10.1. The first-order chi connectivity index (χ1) is 9.65. The summed E-state index contributed by atoms with van der Waals surface area (Å²) in [4.78, 5) is 12.1. The molecular formula is C18H19NO. The number of para-hydroxylation sites is 1. The molecule has 0 aliphatic carbocycles. The molecule has 2 nitrogen and oxygen atoms in total. The third-order valence-corrected chi connectivity index (χ3v) is 2.88. The van der Waals surface area contributed by atoms with Gasteiger partial charge in [0.2, 0.25) is 0 Å². The molecule has 2 aromatic rings. The number of hydrogen-bond donors (Lipinski definition) is 1. The molecule has 1 amide bonds. The van der Waals surface area contributed by atoms with Gasteiger partial charge in [-0.3, -0.25) is 4.79 Å². The lowest BCUT2D eigenvalue weighted by Crippen LogP contribution is -2.11. The van der Waals surface area contributed by atoms with Crippen molar-refractivity contribution in [2.45, 2.75) is 13.8 Å². The minimum atomic E-state index is -0.0874. The van der Waals surface area contributed by atoms with Gasteiger partial charge in [0.25, 0.3) is 5.91 Å². The van der Waals surface area contributed by atoms with Crippen molar-refractivity contribution in [3.05, 3.63) is 71.8 Å². The van der Waals surface area contributed by atoms with Gasteiger partial charge in [0.1, 0.15) is 0 Å². The summed E-state index contributed by atoms with van der Waals surface area (Å²) in [6.45, 7) is 4.27. The SMILES string of the molecule is CC(C)/C=C/c1ccc(C(=O)Nc2ccccc2)cc1. The van der Waals surface area contributed by atoms with Crippen LogP contribution in [0.25, 0.3) is 6.08 Å². The maximum Gasteiger partial charge on any atom is 0.255 e. The lowest BCUT2D eigenvalue weighted by molar-refractivity contribution is 0.102. The normalized spacial score (nSPS) is 10.9. The quantitative estimate of drug-likeness (QED) is 0.859. The van der Waals surface area contributed by atoms with Crippen molar-refractivity contribution < 1.29 is 4.79 Å². The van der Waals surface area contributed by atoms with E-state index in [4.69, 9.17) is 0 Å². The van der Waals surface area contributed by atoms with Crippen molar-refractivity contribution in [2.24, 2.45) is 5.92 Å². The van der Waals surface area contributed by atoms with Crippen LogP contribution in [0.5, 0.6) is 0 Å². The van der Waals surface area contributed by atoms with Crippen molar-refractivity contribution in [3.8, 4) is 0 Å². The van der Waals surface area contributed by atoms with E-state index >= 15 is 0 Å². The Morgan fingerprint density at radius 3 is 2.25 bits per heavy atom. The molecule has 0 heterocycles. The van der Waals surface area contributed by atoms with E-state index in [1.807, 2.05) is 54.6 Å². The van der Waals surface area contributed by atoms with Crippen molar-refractivity contribution in [3.63, 3.8) is 0 Å². The molecule has 0 atom stereocenters. The number of anilines is 1. The molecule has 20 heavy (non-hydrogen) atoms. The molecule has 0 saturated carbocycles. The van der Waals surface area contributed by atoms with Crippen LogP contribution in [0.2, 0.25) is 0 Å². The maximum atomic E-state index is 12.1. The summed E-state index contributed by atoms with van der Waals surface area (Å²) in [5, 5.41) is 2.87. The molecule has 0 aliphatic rings. The number of carbonyl (C=O) groups excluding carboxylic acids is 1. The predicted octanol–water partition coefficient (Wildman–Crippen LogP) is 4.61. The summed E-state index contributed by atoms with van der Waals surface area (Å²) in [6, 6.07) is 17.1. The Morgan fingerprint density at radius 1 is 1.00 bits per heavy atom. The highest BCUT2D eigenvalue weighted by molar-refractivity contribution is 6.04. The molecule has 1 N–H and O–H groups in total. The Labute approximate surface area is 120 Å². The fourth-order valence-corrected chi connectivity index (χ4v) is 1.77. The van der Waals surface area contributed by atoms with E-state index in [9.17, 15) is 4.79 Å². The van der Waals surface area contributed by atoms with Crippen LogP contribution in [0.4, 0.5) is 5.69 Å². The summed E-state index contributed by atoms with van der Waals surface area (Å²) < 4.78 is 0. The van der Waals surface area contributed by atoms with Crippen molar-refractivity contribution in [2.75, 3.05) is 5.32 Å². The second kappa shape index (κ2) is 6.71. The van der Waals surface area contributed by atoms with Crippen LogP contribution in [0.15, 0.2) is 60.7 Å². The summed E-state index contributed by atoms with van der Waals surface area (Å²) in [6.07, 6.45) is 4.21. The largest absolute Gasteiger partial charge is 0.322 e. The number of carbonyl (C=O) groups is 1. The molecule has 0 radical (unpaired) electrons. The van der Waals surface area contributed by atoms with Crippen LogP contribution in [0.3, 0.4) is 0 Å². The Hall–Kier alpha value is -2.35. The Balaban J connectivity index is 2.04. The molecule has 0 fully saturated rings. The minimum absolute atomic E-state index is 0.0874. The fraction of sp³-hybridized carbons (Fsp3) is 0.167. The van der Waals surface area contributed by atoms with Gasteiger partial charge in [-0.2, -0.15) is 0 Å². The highest BCUT2D eigenvalue weighted by Crippen LogP contribution is 2.11. The van der Waals surface area contributed by atoms with Crippen LogP contribution < -0.4 is 5.32 Å². The second-order valence-corrected chi connectivity index (χ2v) is 5.05. The number of allylic oxidation sites excluding steroid dienone is 1. The van der Waals surface area contributed by atoms with Crippen LogP contribution in [0, 0.1) is 5.92 Å². The van der Waals surface area contributed by atoms with Gasteiger partial charge in [0.15, 0.2) is 0 Å². The van der Waals surface area contributed by atoms with E-state index < -0.39 is 0 Å². The monoisotopic (exact) mass is 265 g/mol. The zero-order chi connectivity index (χ0) is 14.4. The minimum Gasteiger partial charge on any atom is -0.322 e.